The number of rotatable bonds is 8. The van der Waals surface area contributed by atoms with Gasteiger partial charge in [-0.05, 0) is 45.1 Å². The van der Waals surface area contributed by atoms with Crippen LogP contribution >= 0.6 is 0 Å². The molecule has 2 heterocycles. The monoisotopic (exact) mass is 345 g/mol. The van der Waals surface area contributed by atoms with Crippen LogP contribution in [0.15, 0.2) is 12.3 Å². The molecule has 6 nitrogen and oxygen atoms in total. The third-order valence-electron chi connectivity index (χ3n) is 4.62. The van der Waals surface area contributed by atoms with Crippen LogP contribution in [0.4, 0.5) is 5.82 Å². The number of aromatic nitrogens is 4. The summed E-state index contributed by atoms with van der Waals surface area (Å²) in [6, 6.07) is 2.12. The molecule has 0 aliphatic rings. The van der Waals surface area contributed by atoms with E-state index in [1.165, 1.54) is 11.3 Å². The number of hydrogen-bond donors (Lipinski definition) is 1. The van der Waals surface area contributed by atoms with Crippen molar-refractivity contribution in [3.8, 4) is 0 Å². The van der Waals surface area contributed by atoms with Crippen LogP contribution in [-0.4, -0.2) is 25.5 Å². The zero-order valence-electron chi connectivity index (χ0n) is 16.3. The first-order valence-electron chi connectivity index (χ1n) is 9.19. The second-order valence-electron chi connectivity index (χ2n) is 7.19. The molecule has 2 aromatic rings. The van der Waals surface area contributed by atoms with Crippen molar-refractivity contribution in [2.75, 3.05) is 5.32 Å². The van der Waals surface area contributed by atoms with Crippen LogP contribution < -0.4 is 5.32 Å². The summed E-state index contributed by atoms with van der Waals surface area (Å²) in [6.07, 6.45) is 3.85. The number of carbonyl (C=O) groups excluding carboxylic acids is 1. The summed E-state index contributed by atoms with van der Waals surface area (Å²) in [7, 11) is 0. The second kappa shape index (κ2) is 8.32. The van der Waals surface area contributed by atoms with Crippen molar-refractivity contribution in [2.45, 2.75) is 73.4 Å². The van der Waals surface area contributed by atoms with E-state index in [0.29, 0.717) is 18.8 Å². The van der Waals surface area contributed by atoms with E-state index in [4.69, 9.17) is 0 Å². The molecule has 0 spiro atoms. The number of carbonyl (C=O) groups is 1. The van der Waals surface area contributed by atoms with Gasteiger partial charge in [0.2, 0.25) is 5.91 Å². The van der Waals surface area contributed by atoms with Gasteiger partial charge in [0.1, 0.15) is 5.82 Å². The van der Waals surface area contributed by atoms with E-state index < -0.39 is 0 Å². The highest BCUT2D eigenvalue weighted by molar-refractivity contribution is 5.90. The van der Waals surface area contributed by atoms with Gasteiger partial charge in [-0.15, -0.1) is 0 Å². The maximum Gasteiger partial charge on any atom is 0.225 e. The van der Waals surface area contributed by atoms with Gasteiger partial charge in [-0.25, -0.2) is 4.68 Å². The van der Waals surface area contributed by atoms with E-state index in [1.807, 2.05) is 17.7 Å². The molecule has 0 fully saturated rings. The highest BCUT2D eigenvalue weighted by Gasteiger charge is 2.15. The van der Waals surface area contributed by atoms with Gasteiger partial charge in [-0.2, -0.15) is 10.2 Å². The fraction of sp³-hybridized carbons (Fsp3) is 0.632. The van der Waals surface area contributed by atoms with Crippen LogP contribution in [0.2, 0.25) is 0 Å². The fourth-order valence-electron chi connectivity index (χ4n) is 3.00. The molecule has 1 unspecified atom stereocenters. The average molecular weight is 345 g/mol. The zero-order valence-corrected chi connectivity index (χ0v) is 16.3. The molecule has 0 saturated carbocycles. The van der Waals surface area contributed by atoms with Crippen molar-refractivity contribution >= 4 is 11.7 Å². The normalized spacial score (nSPS) is 12.6. The first-order chi connectivity index (χ1) is 11.8. The van der Waals surface area contributed by atoms with E-state index in [-0.39, 0.29) is 11.9 Å². The van der Waals surface area contributed by atoms with Crippen LogP contribution in [0.3, 0.4) is 0 Å². The minimum atomic E-state index is 0.0143. The lowest BCUT2D eigenvalue weighted by molar-refractivity contribution is -0.116. The number of anilines is 1. The standard InChI is InChI=1S/C19H31N5O/c1-7-14(4)24-18(10-11-20-24)21-19(25)9-8-17-15(5)22-23(16(17)6)12-13(2)3/h10-11,13-14H,7-9,12H2,1-6H3,(H,21,25). The Balaban J connectivity index is 1.99. The molecule has 138 valence electrons. The molecule has 0 saturated heterocycles. The van der Waals surface area contributed by atoms with Gasteiger partial charge in [0.15, 0.2) is 0 Å². The van der Waals surface area contributed by atoms with Crippen molar-refractivity contribution < 1.29 is 4.79 Å². The van der Waals surface area contributed by atoms with Gasteiger partial charge in [0, 0.05) is 24.7 Å². The second-order valence-corrected chi connectivity index (χ2v) is 7.19. The highest BCUT2D eigenvalue weighted by atomic mass is 16.1. The topological polar surface area (TPSA) is 64.7 Å². The van der Waals surface area contributed by atoms with Gasteiger partial charge in [-0.1, -0.05) is 20.8 Å². The molecule has 2 rings (SSSR count). The van der Waals surface area contributed by atoms with Gasteiger partial charge in [0.05, 0.1) is 17.9 Å². The third-order valence-corrected chi connectivity index (χ3v) is 4.62. The molecule has 25 heavy (non-hydrogen) atoms. The van der Waals surface area contributed by atoms with E-state index >= 15 is 0 Å². The average Bonchev–Trinajstić information content (AvgIpc) is 3.10. The van der Waals surface area contributed by atoms with Crippen LogP contribution in [0.1, 0.15) is 63.5 Å². The van der Waals surface area contributed by atoms with Gasteiger partial charge < -0.3 is 5.32 Å². The minimum Gasteiger partial charge on any atom is -0.311 e. The van der Waals surface area contributed by atoms with Crippen molar-refractivity contribution in [1.82, 2.24) is 19.6 Å². The van der Waals surface area contributed by atoms with Crippen molar-refractivity contribution in [2.24, 2.45) is 5.92 Å². The van der Waals surface area contributed by atoms with Crippen LogP contribution in [0, 0.1) is 19.8 Å². The summed E-state index contributed by atoms with van der Waals surface area (Å²) in [4.78, 5) is 12.4. The number of aryl methyl sites for hydroxylation is 1. The number of nitrogens with zero attached hydrogens (tertiary/aromatic N) is 4. The molecular weight excluding hydrogens is 314 g/mol. The Morgan fingerprint density at radius 1 is 1.28 bits per heavy atom. The predicted octanol–water partition coefficient (Wildman–Crippen LogP) is 3.89. The highest BCUT2D eigenvalue weighted by Crippen LogP contribution is 2.19. The molecule has 6 heteroatoms. The van der Waals surface area contributed by atoms with Crippen LogP contribution in [-0.2, 0) is 17.8 Å². The largest absolute Gasteiger partial charge is 0.311 e. The first kappa shape index (κ1) is 19.2. The minimum absolute atomic E-state index is 0.0143. The van der Waals surface area contributed by atoms with Crippen LogP contribution in [0.5, 0.6) is 0 Å². The third kappa shape index (κ3) is 4.71. The maximum absolute atomic E-state index is 12.4. The predicted molar refractivity (Wildman–Crippen MR) is 101 cm³/mol. The van der Waals surface area contributed by atoms with Crippen molar-refractivity contribution in [3.63, 3.8) is 0 Å². The fourth-order valence-corrected chi connectivity index (χ4v) is 3.00. The van der Waals surface area contributed by atoms with Gasteiger partial charge in [-0.3, -0.25) is 9.48 Å². The lowest BCUT2D eigenvalue weighted by Gasteiger charge is -2.14. The molecule has 2 aromatic heterocycles. The van der Waals surface area contributed by atoms with E-state index in [1.54, 1.807) is 6.20 Å². The molecule has 0 aromatic carbocycles. The van der Waals surface area contributed by atoms with Gasteiger partial charge in [0.25, 0.3) is 0 Å². The lowest BCUT2D eigenvalue weighted by atomic mass is 10.1. The van der Waals surface area contributed by atoms with Crippen LogP contribution in [0.25, 0.3) is 0 Å². The Labute approximate surface area is 150 Å². The van der Waals surface area contributed by atoms with E-state index in [2.05, 4.69) is 54.8 Å². The Morgan fingerprint density at radius 3 is 2.64 bits per heavy atom. The molecule has 0 aliphatic heterocycles. The number of nitrogens with one attached hydrogen (secondary N) is 1. The van der Waals surface area contributed by atoms with E-state index in [0.717, 1.165) is 24.5 Å². The zero-order chi connectivity index (χ0) is 18.6. The van der Waals surface area contributed by atoms with E-state index in [9.17, 15) is 4.79 Å². The molecule has 0 bridgehead atoms. The molecule has 1 atom stereocenters. The molecular formula is C19H31N5O. The number of hydrogen-bond acceptors (Lipinski definition) is 3. The first-order valence-corrected chi connectivity index (χ1v) is 9.19. The quantitative estimate of drug-likeness (QED) is 0.789. The summed E-state index contributed by atoms with van der Waals surface area (Å²) in [5, 5.41) is 11.9. The Morgan fingerprint density at radius 2 is 2.00 bits per heavy atom. The molecule has 0 aliphatic carbocycles. The summed E-state index contributed by atoms with van der Waals surface area (Å²) in [6.45, 7) is 13.6. The molecule has 0 radical (unpaired) electrons. The Bertz CT molecular complexity index is 713. The molecule has 1 amide bonds. The SMILES string of the molecule is CCC(C)n1nccc1NC(=O)CCc1c(C)nn(CC(C)C)c1C. The molecule has 1 N–H and O–H groups in total. The maximum atomic E-state index is 12.4. The summed E-state index contributed by atoms with van der Waals surface area (Å²) in [5.74, 6) is 1.33. The summed E-state index contributed by atoms with van der Waals surface area (Å²) < 4.78 is 3.93. The Kier molecular flexibility index (Phi) is 6.39. The van der Waals surface area contributed by atoms with Gasteiger partial charge >= 0.3 is 0 Å². The number of amides is 1. The smallest absolute Gasteiger partial charge is 0.225 e. The summed E-state index contributed by atoms with van der Waals surface area (Å²) >= 11 is 0. The lowest BCUT2D eigenvalue weighted by Crippen LogP contribution is -2.18. The Hall–Kier alpha value is -2.11. The summed E-state index contributed by atoms with van der Waals surface area (Å²) in [5.41, 5.74) is 3.38. The van der Waals surface area contributed by atoms with Crippen molar-refractivity contribution in [1.29, 1.82) is 0 Å². The van der Waals surface area contributed by atoms with Crippen molar-refractivity contribution in [3.05, 3.63) is 29.2 Å².